The standard InChI is InChI=1S/C14H18ClN3O2/c1-14(2,3)12(16)13-17-11(20-18-13)8-19-10-6-4-5-9(15)7-10/h4-7,12H,8,16H2,1-3H3. The van der Waals surface area contributed by atoms with Gasteiger partial charge in [-0.3, -0.25) is 0 Å². The molecule has 5 nitrogen and oxygen atoms in total. The Kier molecular flexibility index (Phi) is 4.30. The molecule has 6 heteroatoms. The Hall–Kier alpha value is -1.59. The molecule has 108 valence electrons. The van der Waals surface area contributed by atoms with Crippen molar-refractivity contribution in [3.8, 4) is 5.75 Å². The Morgan fingerprint density at radius 2 is 2.15 bits per heavy atom. The van der Waals surface area contributed by atoms with E-state index in [-0.39, 0.29) is 18.1 Å². The van der Waals surface area contributed by atoms with Crippen molar-refractivity contribution in [2.45, 2.75) is 33.4 Å². The SMILES string of the molecule is CC(C)(C)C(N)c1noc(COc2cccc(Cl)c2)n1. The van der Waals surface area contributed by atoms with Gasteiger partial charge >= 0.3 is 0 Å². The Morgan fingerprint density at radius 3 is 2.80 bits per heavy atom. The minimum atomic E-state index is -0.286. The molecule has 0 amide bonds. The smallest absolute Gasteiger partial charge is 0.264 e. The summed E-state index contributed by atoms with van der Waals surface area (Å²) in [7, 11) is 0. The lowest BCUT2D eigenvalue weighted by atomic mass is 9.87. The maximum Gasteiger partial charge on any atom is 0.264 e. The number of rotatable bonds is 4. The summed E-state index contributed by atoms with van der Waals surface area (Å²) in [6.45, 7) is 6.26. The molecule has 2 aromatic rings. The van der Waals surface area contributed by atoms with Crippen molar-refractivity contribution >= 4 is 11.6 Å². The molecule has 0 aliphatic heterocycles. The third-order valence-electron chi connectivity index (χ3n) is 2.85. The van der Waals surface area contributed by atoms with Gasteiger partial charge in [0.05, 0.1) is 6.04 Å². The van der Waals surface area contributed by atoms with Gasteiger partial charge in [0.1, 0.15) is 5.75 Å². The lowest BCUT2D eigenvalue weighted by Gasteiger charge is -2.23. The first-order chi connectivity index (χ1) is 9.36. The topological polar surface area (TPSA) is 74.2 Å². The molecule has 0 spiro atoms. The predicted molar refractivity (Wildman–Crippen MR) is 76.5 cm³/mol. The third kappa shape index (κ3) is 3.71. The summed E-state index contributed by atoms with van der Waals surface area (Å²) in [6, 6.07) is 6.84. The van der Waals surface area contributed by atoms with Crippen LogP contribution in [0.2, 0.25) is 5.02 Å². The zero-order chi connectivity index (χ0) is 14.8. The monoisotopic (exact) mass is 295 g/mol. The number of hydrogen-bond donors (Lipinski definition) is 1. The summed E-state index contributed by atoms with van der Waals surface area (Å²) in [5, 5.41) is 4.51. The third-order valence-corrected chi connectivity index (χ3v) is 3.09. The van der Waals surface area contributed by atoms with E-state index in [1.807, 2.05) is 32.9 Å². The molecular weight excluding hydrogens is 278 g/mol. The zero-order valence-electron chi connectivity index (χ0n) is 11.8. The average molecular weight is 296 g/mol. The molecule has 0 aliphatic rings. The van der Waals surface area contributed by atoms with Crippen LogP contribution in [0.5, 0.6) is 5.75 Å². The van der Waals surface area contributed by atoms with Gasteiger partial charge in [0, 0.05) is 5.02 Å². The van der Waals surface area contributed by atoms with Crippen LogP contribution in [0.4, 0.5) is 0 Å². The van der Waals surface area contributed by atoms with Crippen LogP contribution in [0, 0.1) is 5.41 Å². The number of benzene rings is 1. The van der Waals surface area contributed by atoms with E-state index in [1.165, 1.54) is 0 Å². The predicted octanol–water partition coefficient (Wildman–Crippen LogP) is 3.35. The van der Waals surface area contributed by atoms with Gasteiger partial charge in [-0.15, -0.1) is 0 Å². The average Bonchev–Trinajstić information content (AvgIpc) is 2.83. The summed E-state index contributed by atoms with van der Waals surface area (Å²) in [4.78, 5) is 4.25. The van der Waals surface area contributed by atoms with Crippen LogP contribution in [-0.2, 0) is 6.61 Å². The number of halogens is 1. The quantitative estimate of drug-likeness (QED) is 0.936. The highest BCUT2D eigenvalue weighted by molar-refractivity contribution is 6.30. The van der Waals surface area contributed by atoms with Crippen molar-refractivity contribution in [3.05, 3.63) is 41.0 Å². The number of nitrogens with zero attached hydrogens (tertiary/aromatic N) is 2. The molecule has 1 aromatic heterocycles. The van der Waals surface area contributed by atoms with E-state index < -0.39 is 0 Å². The largest absolute Gasteiger partial charge is 0.484 e. The lowest BCUT2D eigenvalue weighted by Crippen LogP contribution is -2.27. The van der Waals surface area contributed by atoms with Crippen LogP contribution < -0.4 is 10.5 Å². The molecule has 2 N–H and O–H groups in total. The van der Waals surface area contributed by atoms with Gasteiger partial charge in [-0.2, -0.15) is 4.98 Å². The van der Waals surface area contributed by atoms with Crippen molar-refractivity contribution < 1.29 is 9.26 Å². The van der Waals surface area contributed by atoms with Crippen molar-refractivity contribution in [2.75, 3.05) is 0 Å². The van der Waals surface area contributed by atoms with Crippen molar-refractivity contribution in [1.29, 1.82) is 0 Å². The molecule has 0 aliphatic carbocycles. The minimum Gasteiger partial charge on any atom is -0.484 e. The van der Waals surface area contributed by atoms with Crippen LogP contribution in [0.1, 0.15) is 38.5 Å². The molecule has 2 rings (SSSR count). The molecule has 0 saturated carbocycles. The maximum absolute atomic E-state index is 6.07. The van der Waals surface area contributed by atoms with E-state index >= 15 is 0 Å². The van der Waals surface area contributed by atoms with E-state index in [9.17, 15) is 0 Å². The second-order valence-corrected chi connectivity index (χ2v) is 6.07. The first-order valence-electron chi connectivity index (χ1n) is 6.32. The van der Waals surface area contributed by atoms with Gasteiger partial charge in [0.25, 0.3) is 5.89 Å². The summed E-state index contributed by atoms with van der Waals surface area (Å²) in [6.07, 6.45) is 0. The van der Waals surface area contributed by atoms with E-state index in [4.69, 9.17) is 26.6 Å². The molecule has 20 heavy (non-hydrogen) atoms. The fourth-order valence-corrected chi connectivity index (χ4v) is 1.72. The fraction of sp³-hybridized carbons (Fsp3) is 0.429. The molecule has 1 heterocycles. The van der Waals surface area contributed by atoms with Crippen molar-refractivity contribution in [3.63, 3.8) is 0 Å². The van der Waals surface area contributed by atoms with Gasteiger partial charge in [-0.1, -0.05) is 43.6 Å². The van der Waals surface area contributed by atoms with Crippen molar-refractivity contribution in [1.82, 2.24) is 10.1 Å². The van der Waals surface area contributed by atoms with Gasteiger partial charge in [0.2, 0.25) is 0 Å². The fourth-order valence-electron chi connectivity index (χ4n) is 1.54. The molecule has 1 aromatic carbocycles. The van der Waals surface area contributed by atoms with Crippen molar-refractivity contribution in [2.24, 2.45) is 11.1 Å². The summed E-state index contributed by atoms with van der Waals surface area (Å²) in [5.41, 5.74) is 5.94. The number of ether oxygens (including phenoxy) is 1. The summed E-state index contributed by atoms with van der Waals surface area (Å²) < 4.78 is 10.7. The maximum atomic E-state index is 6.07. The molecule has 1 unspecified atom stereocenters. The minimum absolute atomic E-state index is 0.130. The van der Waals surface area contributed by atoms with Crippen LogP contribution in [0.3, 0.4) is 0 Å². The lowest BCUT2D eigenvalue weighted by molar-refractivity contribution is 0.241. The molecular formula is C14H18ClN3O2. The van der Waals surface area contributed by atoms with Crippen LogP contribution in [0.15, 0.2) is 28.8 Å². The highest BCUT2D eigenvalue weighted by atomic mass is 35.5. The first kappa shape index (κ1) is 14.8. The van der Waals surface area contributed by atoms with Crippen LogP contribution in [-0.4, -0.2) is 10.1 Å². The number of aromatic nitrogens is 2. The Morgan fingerprint density at radius 1 is 1.40 bits per heavy atom. The van der Waals surface area contributed by atoms with Crippen LogP contribution >= 0.6 is 11.6 Å². The zero-order valence-corrected chi connectivity index (χ0v) is 12.5. The second kappa shape index (κ2) is 5.81. The highest BCUT2D eigenvalue weighted by Crippen LogP contribution is 2.28. The highest BCUT2D eigenvalue weighted by Gasteiger charge is 2.26. The summed E-state index contributed by atoms with van der Waals surface area (Å²) in [5.74, 6) is 1.53. The van der Waals surface area contributed by atoms with Crippen LogP contribution in [0.25, 0.3) is 0 Å². The van der Waals surface area contributed by atoms with E-state index in [2.05, 4.69) is 10.1 Å². The molecule has 0 saturated heterocycles. The normalized spacial score (nSPS) is 13.2. The van der Waals surface area contributed by atoms with E-state index in [1.54, 1.807) is 12.1 Å². The molecule has 0 radical (unpaired) electrons. The Balaban J connectivity index is 2.00. The second-order valence-electron chi connectivity index (χ2n) is 5.64. The van der Waals surface area contributed by atoms with E-state index in [0.717, 1.165) is 0 Å². The Labute approximate surface area is 123 Å². The number of hydrogen-bond acceptors (Lipinski definition) is 5. The number of nitrogens with two attached hydrogens (primary N) is 1. The first-order valence-corrected chi connectivity index (χ1v) is 6.70. The van der Waals surface area contributed by atoms with Gasteiger partial charge in [0.15, 0.2) is 12.4 Å². The Bertz CT molecular complexity index is 578. The van der Waals surface area contributed by atoms with Gasteiger partial charge in [-0.05, 0) is 23.6 Å². The van der Waals surface area contributed by atoms with Gasteiger partial charge < -0.3 is 15.0 Å². The van der Waals surface area contributed by atoms with Gasteiger partial charge in [-0.25, -0.2) is 0 Å². The molecule has 0 bridgehead atoms. The summed E-state index contributed by atoms with van der Waals surface area (Å²) >= 11 is 5.87. The molecule has 1 atom stereocenters. The molecule has 0 fully saturated rings. The van der Waals surface area contributed by atoms with E-state index in [0.29, 0.717) is 22.5 Å².